The number of hydrogen-bond acceptors (Lipinski definition) is 3. The summed E-state index contributed by atoms with van der Waals surface area (Å²) >= 11 is 0. The molecule has 1 saturated carbocycles. The maximum Gasteiger partial charge on any atom is 0.306 e. The second kappa shape index (κ2) is 7.52. The van der Waals surface area contributed by atoms with Crippen molar-refractivity contribution in [3.63, 3.8) is 0 Å². The molecule has 1 aliphatic rings. The summed E-state index contributed by atoms with van der Waals surface area (Å²) in [6.45, 7) is 4.94. The van der Waals surface area contributed by atoms with Gasteiger partial charge < -0.3 is 14.6 Å². The molecule has 2 rings (SSSR count). The monoisotopic (exact) mass is 306 g/mol. The van der Waals surface area contributed by atoms with E-state index in [2.05, 4.69) is 13.8 Å². The Kier molecular flexibility index (Phi) is 5.69. The molecule has 0 atom stereocenters. The molecule has 1 N–H and O–H groups in total. The van der Waals surface area contributed by atoms with E-state index in [-0.39, 0.29) is 5.92 Å². The molecule has 0 unspecified atom stereocenters. The highest BCUT2D eigenvalue weighted by molar-refractivity contribution is 5.70. The first kappa shape index (κ1) is 16.7. The lowest BCUT2D eigenvalue weighted by Gasteiger charge is -2.28. The summed E-state index contributed by atoms with van der Waals surface area (Å²) in [6.07, 6.45) is 3.26. The highest BCUT2D eigenvalue weighted by Gasteiger charge is 2.28. The maximum absolute atomic E-state index is 11.1. The van der Waals surface area contributed by atoms with Crippen LogP contribution >= 0.6 is 0 Å². The first-order valence-corrected chi connectivity index (χ1v) is 8.04. The van der Waals surface area contributed by atoms with Crippen LogP contribution in [0.5, 0.6) is 11.5 Å². The lowest BCUT2D eigenvalue weighted by Crippen LogP contribution is -2.21. The van der Waals surface area contributed by atoms with Gasteiger partial charge in [-0.2, -0.15) is 0 Å². The van der Waals surface area contributed by atoms with E-state index in [0.29, 0.717) is 18.4 Å². The Labute approximate surface area is 132 Å². The molecule has 0 saturated heterocycles. The zero-order chi connectivity index (χ0) is 16.1. The van der Waals surface area contributed by atoms with Crippen LogP contribution in [-0.2, 0) is 4.79 Å². The summed E-state index contributed by atoms with van der Waals surface area (Å²) in [5.41, 5.74) is 1.16. The van der Waals surface area contributed by atoms with Gasteiger partial charge in [-0.3, -0.25) is 4.79 Å². The van der Waals surface area contributed by atoms with Crippen molar-refractivity contribution in [3.05, 3.63) is 23.8 Å². The lowest BCUT2D eigenvalue weighted by molar-refractivity contribution is -0.142. The Hall–Kier alpha value is -1.71. The van der Waals surface area contributed by atoms with Crippen molar-refractivity contribution in [2.45, 2.75) is 45.4 Å². The van der Waals surface area contributed by atoms with E-state index in [0.717, 1.165) is 42.7 Å². The van der Waals surface area contributed by atoms with Crippen molar-refractivity contribution < 1.29 is 19.4 Å². The number of ether oxygens (including phenoxy) is 2. The van der Waals surface area contributed by atoms with Gasteiger partial charge in [0.05, 0.1) is 19.6 Å². The van der Waals surface area contributed by atoms with Crippen molar-refractivity contribution in [2.24, 2.45) is 11.8 Å². The summed E-state index contributed by atoms with van der Waals surface area (Å²) in [7, 11) is 1.66. The third-order valence-electron chi connectivity index (χ3n) is 4.31. The second-order valence-corrected chi connectivity index (χ2v) is 6.50. The third-order valence-corrected chi connectivity index (χ3v) is 4.31. The molecule has 0 amide bonds. The van der Waals surface area contributed by atoms with Gasteiger partial charge >= 0.3 is 5.97 Å². The van der Waals surface area contributed by atoms with Crippen LogP contribution in [0, 0.1) is 11.8 Å². The SMILES string of the molecule is COc1ccc(OCC(C)C)c(C2CCC(C(=O)O)CC2)c1. The molecule has 0 radical (unpaired) electrons. The molecule has 0 aromatic heterocycles. The molecule has 1 aromatic carbocycles. The molecule has 1 aliphatic carbocycles. The number of aliphatic carboxylic acids is 1. The Balaban J connectivity index is 2.15. The van der Waals surface area contributed by atoms with Crippen molar-refractivity contribution in [3.8, 4) is 11.5 Å². The number of benzene rings is 1. The highest BCUT2D eigenvalue weighted by atomic mass is 16.5. The molecule has 22 heavy (non-hydrogen) atoms. The first-order valence-electron chi connectivity index (χ1n) is 8.04. The zero-order valence-electron chi connectivity index (χ0n) is 13.7. The average molecular weight is 306 g/mol. The number of hydrogen-bond donors (Lipinski definition) is 1. The molecule has 4 heteroatoms. The van der Waals surface area contributed by atoms with E-state index in [1.54, 1.807) is 7.11 Å². The van der Waals surface area contributed by atoms with E-state index < -0.39 is 5.97 Å². The molecule has 1 aromatic rings. The zero-order valence-corrected chi connectivity index (χ0v) is 13.7. The van der Waals surface area contributed by atoms with E-state index in [1.165, 1.54) is 0 Å². The molecule has 1 fully saturated rings. The van der Waals surface area contributed by atoms with Crippen LogP contribution in [0.1, 0.15) is 51.0 Å². The van der Waals surface area contributed by atoms with Crippen LogP contribution in [0.15, 0.2) is 18.2 Å². The summed E-state index contributed by atoms with van der Waals surface area (Å²) in [5, 5.41) is 9.13. The minimum atomic E-state index is -0.666. The Bertz CT molecular complexity index is 502. The van der Waals surface area contributed by atoms with Crippen LogP contribution in [-0.4, -0.2) is 24.8 Å². The Morgan fingerprint density at radius 2 is 1.95 bits per heavy atom. The third kappa shape index (κ3) is 4.15. The first-order chi connectivity index (χ1) is 10.5. The smallest absolute Gasteiger partial charge is 0.306 e. The largest absolute Gasteiger partial charge is 0.497 e. The van der Waals surface area contributed by atoms with Crippen LogP contribution in [0.4, 0.5) is 0 Å². The van der Waals surface area contributed by atoms with Crippen molar-refractivity contribution in [2.75, 3.05) is 13.7 Å². The quantitative estimate of drug-likeness (QED) is 0.860. The summed E-state index contributed by atoms with van der Waals surface area (Å²) < 4.78 is 11.3. The molecule has 0 spiro atoms. The molecular weight excluding hydrogens is 280 g/mol. The molecular formula is C18H26O4. The lowest BCUT2D eigenvalue weighted by atomic mass is 9.78. The molecule has 122 valence electrons. The van der Waals surface area contributed by atoms with Gasteiger partial charge in [0.2, 0.25) is 0 Å². The van der Waals surface area contributed by atoms with Gasteiger partial charge in [-0.25, -0.2) is 0 Å². The molecule has 0 heterocycles. The number of methoxy groups -OCH3 is 1. The maximum atomic E-state index is 11.1. The average Bonchev–Trinajstić information content (AvgIpc) is 2.52. The fourth-order valence-corrected chi connectivity index (χ4v) is 3.01. The molecule has 0 aliphatic heterocycles. The van der Waals surface area contributed by atoms with E-state index in [4.69, 9.17) is 14.6 Å². The normalized spacial score (nSPS) is 21.6. The fraction of sp³-hybridized carbons (Fsp3) is 0.611. The summed E-state index contributed by atoms with van der Waals surface area (Å²) in [6, 6.07) is 5.93. The van der Waals surface area contributed by atoms with Gasteiger partial charge in [0, 0.05) is 5.56 Å². The molecule has 4 nitrogen and oxygen atoms in total. The van der Waals surface area contributed by atoms with Crippen LogP contribution in [0.3, 0.4) is 0 Å². The van der Waals surface area contributed by atoms with Crippen LogP contribution in [0.2, 0.25) is 0 Å². The molecule has 0 bridgehead atoms. The topological polar surface area (TPSA) is 55.8 Å². The van der Waals surface area contributed by atoms with Gasteiger partial charge in [-0.05, 0) is 55.7 Å². The minimum Gasteiger partial charge on any atom is -0.497 e. The van der Waals surface area contributed by atoms with E-state index >= 15 is 0 Å². The Morgan fingerprint density at radius 3 is 2.50 bits per heavy atom. The van der Waals surface area contributed by atoms with Gasteiger partial charge in [-0.1, -0.05) is 13.8 Å². The van der Waals surface area contributed by atoms with E-state index in [9.17, 15) is 4.79 Å². The van der Waals surface area contributed by atoms with Crippen molar-refractivity contribution in [1.82, 2.24) is 0 Å². The van der Waals surface area contributed by atoms with Gasteiger partial charge in [0.25, 0.3) is 0 Å². The van der Waals surface area contributed by atoms with Crippen molar-refractivity contribution in [1.29, 1.82) is 0 Å². The van der Waals surface area contributed by atoms with Gasteiger partial charge in [-0.15, -0.1) is 0 Å². The number of carboxylic acids is 1. The number of carboxylic acid groups (broad SMARTS) is 1. The Morgan fingerprint density at radius 1 is 1.27 bits per heavy atom. The predicted molar refractivity (Wildman–Crippen MR) is 85.7 cm³/mol. The highest BCUT2D eigenvalue weighted by Crippen LogP contribution is 2.41. The number of rotatable bonds is 6. The van der Waals surface area contributed by atoms with Crippen molar-refractivity contribution >= 4 is 5.97 Å². The second-order valence-electron chi connectivity index (χ2n) is 6.50. The number of carbonyl (C=O) groups is 1. The predicted octanol–water partition coefficient (Wildman–Crippen LogP) is 4.09. The van der Waals surface area contributed by atoms with E-state index in [1.807, 2.05) is 18.2 Å². The minimum absolute atomic E-state index is 0.193. The summed E-state index contributed by atoms with van der Waals surface area (Å²) in [4.78, 5) is 11.1. The van der Waals surface area contributed by atoms with Crippen LogP contribution in [0.25, 0.3) is 0 Å². The van der Waals surface area contributed by atoms with Crippen LogP contribution < -0.4 is 9.47 Å². The summed E-state index contributed by atoms with van der Waals surface area (Å²) in [5.74, 6) is 1.70. The standard InChI is InChI=1S/C18H26O4/c1-12(2)11-22-17-9-8-15(21-3)10-16(17)13-4-6-14(7-5-13)18(19)20/h8-10,12-14H,4-7,11H2,1-3H3,(H,19,20). The fourth-order valence-electron chi connectivity index (χ4n) is 3.01. The van der Waals surface area contributed by atoms with Gasteiger partial charge in [0.15, 0.2) is 0 Å². The van der Waals surface area contributed by atoms with Gasteiger partial charge in [0.1, 0.15) is 11.5 Å².